The van der Waals surface area contributed by atoms with Gasteiger partial charge in [-0.25, -0.2) is 0 Å². The van der Waals surface area contributed by atoms with Gasteiger partial charge in [-0.15, -0.1) is 0 Å². The highest BCUT2D eigenvalue weighted by Gasteiger charge is 2.20. The van der Waals surface area contributed by atoms with E-state index >= 15 is 0 Å². The Labute approximate surface area is 81.3 Å². The molecule has 1 saturated heterocycles. The van der Waals surface area contributed by atoms with Crippen LogP contribution in [0.2, 0.25) is 0 Å². The minimum Gasteiger partial charge on any atom is -0.396 e. The van der Waals surface area contributed by atoms with Crippen molar-refractivity contribution in [2.45, 2.75) is 51.6 Å². The van der Waals surface area contributed by atoms with E-state index in [1.807, 2.05) is 0 Å². The Kier molecular flexibility index (Phi) is 5.40. The SMILES string of the molecule is CCCCCC1CCC(CO)CO1. The topological polar surface area (TPSA) is 29.5 Å². The summed E-state index contributed by atoms with van der Waals surface area (Å²) < 4.78 is 5.67. The third kappa shape index (κ3) is 4.10. The summed E-state index contributed by atoms with van der Waals surface area (Å²) in [7, 11) is 0. The normalized spacial score (nSPS) is 29.1. The quantitative estimate of drug-likeness (QED) is 0.668. The average molecular weight is 186 g/mol. The lowest BCUT2D eigenvalue weighted by Crippen LogP contribution is -2.27. The van der Waals surface area contributed by atoms with Crippen molar-refractivity contribution in [2.24, 2.45) is 5.92 Å². The van der Waals surface area contributed by atoms with Gasteiger partial charge in [-0.3, -0.25) is 0 Å². The minimum atomic E-state index is 0.293. The molecule has 2 heteroatoms. The zero-order chi connectivity index (χ0) is 9.52. The molecule has 2 nitrogen and oxygen atoms in total. The summed E-state index contributed by atoms with van der Waals surface area (Å²) in [4.78, 5) is 0. The first-order chi connectivity index (χ1) is 6.36. The molecule has 0 aromatic heterocycles. The van der Waals surface area contributed by atoms with Gasteiger partial charge in [-0.1, -0.05) is 26.2 Å². The standard InChI is InChI=1S/C11H22O2/c1-2-3-4-5-11-7-6-10(8-12)9-13-11/h10-12H,2-9H2,1H3. The number of aliphatic hydroxyl groups is 1. The van der Waals surface area contributed by atoms with Crippen molar-refractivity contribution in [1.29, 1.82) is 0 Å². The summed E-state index contributed by atoms with van der Waals surface area (Å²) >= 11 is 0. The summed E-state index contributed by atoms with van der Waals surface area (Å²) in [5.41, 5.74) is 0. The highest BCUT2D eigenvalue weighted by Crippen LogP contribution is 2.22. The second kappa shape index (κ2) is 6.39. The van der Waals surface area contributed by atoms with E-state index in [2.05, 4.69) is 6.92 Å². The molecule has 0 spiro atoms. The van der Waals surface area contributed by atoms with Crippen molar-refractivity contribution in [3.63, 3.8) is 0 Å². The van der Waals surface area contributed by atoms with E-state index in [4.69, 9.17) is 9.84 Å². The zero-order valence-corrected chi connectivity index (χ0v) is 8.67. The van der Waals surface area contributed by atoms with E-state index in [1.165, 1.54) is 25.7 Å². The first kappa shape index (κ1) is 11.0. The van der Waals surface area contributed by atoms with E-state index < -0.39 is 0 Å². The second-order valence-corrected chi connectivity index (χ2v) is 4.08. The first-order valence-electron chi connectivity index (χ1n) is 5.59. The number of rotatable bonds is 5. The van der Waals surface area contributed by atoms with Crippen molar-refractivity contribution < 1.29 is 9.84 Å². The van der Waals surface area contributed by atoms with Crippen LogP contribution in [0.25, 0.3) is 0 Å². The Morgan fingerprint density at radius 2 is 2.15 bits per heavy atom. The van der Waals surface area contributed by atoms with Crippen LogP contribution in [0, 0.1) is 5.92 Å². The number of hydrogen-bond donors (Lipinski definition) is 1. The Bertz CT molecular complexity index is 115. The fourth-order valence-electron chi connectivity index (χ4n) is 1.85. The molecular formula is C11H22O2. The van der Waals surface area contributed by atoms with Gasteiger partial charge >= 0.3 is 0 Å². The van der Waals surface area contributed by atoms with E-state index in [0.717, 1.165) is 19.4 Å². The lowest BCUT2D eigenvalue weighted by atomic mass is 9.96. The molecule has 1 aliphatic heterocycles. The van der Waals surface area contributed by atoms with Crippen molar-refractivity contribution in [2.75, 3.05) is 13.2 Å². The molecule has 1 rings (SSSR count). The molecule has 0 bridgehead atoms. The molecule has 1 aliphatic rings. The largest absolute Gasteiger partial charge is 0.396 e. The maximum atomic E-state index is 8.91. The molecule has 78 valence electrons. The molecule has 0 saturated carbocycles. The second-order valence-electron chi connectivity index (χ2n) is 4.08. The van der Waals surface area contributed by atoms with Gasteiger partial charge in [-0.2, -0.15) is 0 Å². The van der Waals surface area contributed by atoms with Crippen molar-refractivity contribution in [3.8, 4) is 0 Å². The summed E-state index contributed by atoms with van der Waals surface area (Å²) in [5.74, 6) is 0.405. The monoisotopic (exact) mass is 186 g/mol. The van der Waals surface area contributed by atoms with Gasteiger partial charge in [0.15, 0.2) is 0 Å². The number of hydrogen-bond acceptors (Lipinski definition) is 2. The van der Waals surface area contributed by atoms with E-state index in [-0.39, 0.29) is 0 Å². The zero-order valence-electron chi connectivity index (χ0n) is 8.67. The van der Waals surface area contributed by atoms with Gasteiger partial charge in [0.05, 0.1) is 12.7 Å². The lowest BCUT2D eigenvalue weighted by Gasteiger charge is -2.27. The molecule has 1 fully saturated rings. The van der Waals surface area contributed by atoms with Crippen molar-refractivity contribution in [3.05, 3.63) is 0 Å². The first-order valence-corrected chi connectivity index (χ1v) is 5.59. The summed E-state index contributed by atoms with van der Waals surface area (Å²) in [5, 5.41) is 8.91. The van der Waals surface area contributed by atoms with Gasteiger partial charge in [-0.05, 0) is 19.3 Å². The fourth-order valence-corrected chi connectivity index (χ4v) is 1.85. The molecule has 0 aliphatic carbocycles. The van der Waals surface area contributed by atoms with Crippen molar-refractivity contribution in [1.82, 2.24) is 0 Å². The summed E-state index contributed by atoms with van der Waals surface area (Å²) in [6.45, 7) is 3.29. The lowest BCUT2D eigenvalue weighted by molar-refractivity contribution is -0.0341. The van der Waals surface area contributed by atoms with Crippen LogP contribution in [0.5, 0.6) is 0 Å². The van der Waals surface area contributed by atoms with Crippen LogP contribution in [0.4, 0.5) is 0 Å². The fraction of sp³-hybridized carbons (Fsp3) is 1.00. The maximum Gasteiger partial charge on any atom is 0.0575 e. The van der Waals surface area contributed by atoms with Gasteiger partial charge in [0.2, 0.25) is 0 Å². The Morgan fingerprint density at radius 1 is 1.31 bits per heavy atom. The van der Waals surface area contributed by atoms with Crippen molar-refractivity contribution >= 4 is 0 Å². The Balaban J connectivity index is 2.03. The highest BCUT2D eigenvalue weighted by atomic mass is 16.5. The predicted molar refractivity (Wildman–Crippen MR) is 53.7 cm³/mol. The predicted octanol–water partition coefficient (Wildman–Crippen LogP) is 2.35. The highest BCUT2D eigenvalue weighted by molar-refractivity contribution is 4.69. The van der Waals surface area contributed by atoms with Gasteiger partial charge in [0.25, 0.3) is 0 Å². The Hall–Kier alpha value is -0.0800. The summed E-state index contributed by atoms with van der Waals surface area (Å²) in [6, 6.07) is 0. The minimum absolute atomic E-state index is 0.293. The van der Waals surface area contributed by atoms with Gasteiger partial charge in [0, 0.05) is 12.5 Å². The van der Waals surface area contributed by atoms with E-state index in [9.17, 15) is 0 Å². The Morgan fingerprint density at radius 3 is 2.69 bits per heavy atom. The average Bonchev–Trinajstić information content (AvgIpc) is 2.19. The van der Waals surface area contributed by atoms with E-state index in [0.29, 0.717) is 18.6 Å². The molecular weight excluding hydrogens is 164 g/mol. The third-order valence-corrected chi connectivity index (χ3v) is 2.85. The third-order valence-electron chi connectivity index (χ3n) is 2.85. The van der Waals surface area contributed by atoms with Crippen LogP contribution in [-0.4, -0.2) is 24.4 Å². The summed E-state index contributed by atoms with van der Waals surface area (Å²) in [6.07, 6.45) is 7.89. The molecule has 13 heavy (non-hydrogen) atoms. The number of ether oxygens (including phenoxy) is 1. The number of unbranched alkanes of at least 4 members (excludes halogenated alkanes) is 2. The molecule has 0 radical (unpaired) electrons. The van der Waals surface area contributed by atoms with Crippen LogP contribution < -0.4 is 0 Å². The van der Waals surface area contributed by atoms with Crippen LogP contribution in [0.15, 0.2) is 0 Å². The number of aliphatic hydroxyl groups excluding tert-OH is 1. The molecule has 2 atom stereocenters. The molecule has 0 aromatic carbocycles. The van der Waals surface area contributed by atoms with Gasteiger partial charge in [0.1, 0.15) is 0 Å². The molecule has 1 N–H and O–H groups in total. The molecule has 2 unspecified atom stereocenters. The van der Waals surface area contributed by atoms with Crippen LogP contribution in [-0.2, 0) is 4.74 Å². The maximum absolute atomic E-state index is 8.91. The molecule has 0 aromatic rings. The molecule has 0 amide bonds. The van der Waals surface area contributed by atoms with Gasteiger partial charge < -0.3 is 9.84 Å². The molecule has 1 heterocycles. The van der Waals surface area contributed by atoms with Crippen LogP contribution >= 0.6 is 0 Å². The van der Waals surface area contributed by atoms with E-state index in [1.54, 1.807) is 0 Å². The van der Waals surface area contributed by atoms with Crippen LogP contribution in [0.3, 0.4) is 0 Å². The smallest absolute Gasteiger partial charge is 0.0575 e. The van der Waals surface area contributed by atoms with Crippen LogP contribution in [0.1, 0.15) is 45.4 Å².